The van der Waals surface area contributed by atoms with Gasteiger partial charge < -0.3 is 5.11 Å². The quantitative estimate of drug-likeness (QED) is 0.730. The zero-order valence-corrected chi connectivity index (χ0v) is 8.41. The fraction of sp³-hybridized carbons (Fsp3) is 1.00. The molecule has 2 fully saturated rings. The Labute approximate surface area is 78.9 Å². The van der Waals surface area contributed by atoms with E-state index in [-0.39, 0.29) is 0 Å². The molecule has 0 bridgehead atoms. The highest BCUT2D eigenvalue weighted by Gasteiger charge is 2.43. The zero-order valence-electron chi connectivity index (χ0n) is 7.59. The lowest BCUT2D eigenvalue weighted by Gasteiger charge is -2.24. The maximum Gasteiger partial charge on any atom is 0.0487 e. The second-order valence-electron chi connectivity index (χ2n) is 4.45. The van der Waals surface area contributed by atoms with Gasteiger partial charge in [-0.25, -0.2) is 0 Å². The van der Waals surface area contributed by atoms with Gasteiger partial charge in [0, 0.05) is 6.61 Å². The lowest BCUT2D eigenvalue weighted by molar-refractivity contribution is 0.184. The maximum absolute atomic E-state index is 9.18. The number of thioether (sulfide) groups is 1. The molecule has 70 valence electrons. The molecule has 1 N–H and O–H groups in total. The van der Waals surface area contributed by atoms with Crippen LogP contribution in [0.4, 0.5) is 0 Å². The van der Waals surface area contributed by atoms with Gasteiger partial charge in [-0.3, -0.25) is 0 Å². The van der Waals surface area contributed by atoms with Crippen molar-refractivity contribution in [1.82, 2.24) is 0 Å². The van der Waals surface area contributed by atoms with E-state index < -0.39 is 0 Å². The van der Waals surface area contributed by atoms with Gasteiger partial charge in [0.05, 0.1) is 0 Å². The summed E-state index contributed by atoms with van der Waals surface area (Å²) in [4.78, 5) is 0. The molecule has 2 rings (SSSR count). The van der Waals surface area contributed by atoms with E-state index in [1.165, 1.54) is 43.6 Å². The summed E-state index contributed by atoms with van der Waals surface area (Å²) >= 11 is 2.10. The first kappa shape index (κ1) is 8.89. The zero-order chi connectivity index (χ0) is 8.44. The Bertz CT molecular complexity index is 148. The lowest BCUT2D eigenvalue weighted by Crippen LogP contribution is -2.18. The first-order chi connectivity index (χ1) is 5.85. The molecule has 2 aliphatic rings. The van der Waals surface area contributed by atoms with Crippen LogP contribution in [0.25, 0.3) is 0 Å². The van der Waals surface area contributed by atoms with Gasteiger partial charge in [0.1, 0.15) is 0 Å². The van der Waals surface area contributed by atoms with Crippen molar-refractivity contribution in [3.8, 4) is 0 Å². The Kier molecular flexibility index (Phi) is 2.66. The summed E-state index contributed by atoms with van der Waals surface area (Å²) in [6, 6.07) is 0. The Morgan fingerprint density at radius 1 is 1.42 bits per heavy atom. The molecule has 1 aliphatic carbocycles. The van der Waals surface area contributed by atoms with E-state index in [1.807, 2.05) is 0 Å². The van der Waals surface area contributed by atoms with Crippen LogP contribution in [0.15, 0.2) is 0 Å². The predicted molar refractivity (Wildman–Crippen MR) is 53.4 cm³/mol. The van der Waals surface area contributed by atoms with Crippen LogP contribution in [-0.4, -0.2) is 23.2 Å². The fourth-order valence-corrected chi connectivity index (χ4v) is 3.34. The van der Waals surface area contributed by atoms with Crippen molar-refractivity contribution in [2.45, 2.75) is 32.1 Å². The molecule has 1 saturated heterocycles. The maximum atomic E-state index is 9.18. The van der Waals surface area contributed by atoms with Crippen molar-refractivity contribution < 1.29 is 5.11 Å². The number of aliphatic hydroxyl groups excluding tert-OH is 1. The van der Waals surface area contributed by atoms with Gasteiger partial charge in [0.15, 0.2) is 0 Å². The largest absolute Gasteiger partial charge is 0.396 e. The molecule has 2 heteroatoms. The van der Waals surface area contributed by atoms with Crippen LogP contribution >= 0.6 is 11.8 Å². The molecule has 12 heavy (non-hydrogen) atoms. The van der Waals surface area contributed by atoms with Crippen LogP contribution in [0.2, 0.25) is 0 Å². The summed E-state index contributed by atoms with van der Waals surface area (Å²) in [7, 11) is 0. The monoisotopic (exact) mass is 186 g/mol. The molecule has 0 amide bonds. The van der Waals surface area contributed by atoms with Crippen molar-refractivity contribution >= 4 is 11.8 Å². The summed E-state index contributed by atoms with van der Waals surface area (Å²) in [5, 5.41) is 9.18. The van der Waals surface area contributed by atoms with Crippen molar-refractivity contribution in [1.29, 1.82) is 0 Å². The molecule has 0 aromatic carbocycles. The Hall–Kier alpha value is 0.310. The molecule has 1 nitrogen and oxygen atoms in total. The topological polar surface area (TPSA) is 20.2 Å². The smallest absolute Gasteiger partial charge is 0.0487 e. The van der Waals surface area contributed by atoms with Gasteiger partial charge in [-0.05, 0) is 54.9 Å². The molecular weight excluding hydrogens is 168 g/mol. The molecule has 1 unspecified atom stereocenters. The van der Waals surface area contributed by atoms with Crippen LogP contribution in [0.5, 0.6) is 0 Å². The van der Waals surface area contributed by atoms with Gasteiger partial charge in [0.2, 0.25) is 0 Å². The average Bonchev–Trinajstić information content (AvgIpc) is 2.88. The van der Waals surface area contributed by atoms with E-state index in [0.29, 0.717) is 12.0 Å². The number of aliphatic hydroxyl groups is 1. The minimum absolute atomic E-state index is 0.391. The summed E-state index contributed by atoms with van der Waals surface area (Å²) in [5.74, 6) is 3.63. The third kappa shape index (κ3) is 1.97. The van der Waals surface area contributed by atoms with Gasteiger partial charge >= 0.3 is 0 Å². The summed E-state index contributed by atoms with van der Waals surface area (Å²) in [5.41, 5.74) is 0.391. The second kappa shape index (κ2) is 3.59. The Morgan fingerprint density at radius 2 is 2.25 bits per heavy atom. The van der Waals surface area contributed by atoms with Gasteiger partial charge in [0.25, 0.3) is 0 Å². The van der Waals surface area contributed by atoms with E-state index >= 15 is 0 Å². The van der Waals surface area contributed by atoms with Crippen molar-refractivity contribution in [2.24, 2.45) is 11.3 Å². The van der Waals surface area contributed by atoms with Crippen LogP contribution in [-0.2, 0) is 0 Å². The lowest BCUT2D eigenvalue weighted by atomic mass is 9.90. The first-order valence-electron chi connectivity index (χ1n) is 5.03. The minimum atomic E-state index is 0.391. The van der Waals surface area contributed by atoms with Crippen LogP contribution in [0, 0.1) is 11.3 Å². The predicted octanol–water partition coefficient (Wildman–Crippen LogP) is 2.29. The molecule has 0 spiro atoms. The molecule has 0 aromatic rings. The molecule has 0 aromatic heterocycles. The summed E-state index contributed by atoms with van der Waals surface area (Å²) in [6.07, 6.45) is 6.68. The first-order valence-corrected chi connectivity index (χ1v) is 6.19. The molecule has 1 atom stereocenters. The number of rotatable bonds is 3. The molecule has 1 heterocycles. The van der Waals surface area contributed by atoms with E-state index in [1.54, 1.807) is 0 Å². The van der Waals surface area contributed by atoms with E-state index in [0.717, 1.165) is 5.92 Å². The molecular formula is C10H18OS. The van der Waals surface area contributed by atoms with E-state index in [9.17, 15) is 5.11 Å². The summed E-state index contributed by atoms with van der Waals surface area (Å²) in [6.45, 7) is 0.439. The number of hydrogen-bond donors (Lipinski definition) is 1. The van der Waals surface area contributed by atoms with Crippen LogP contribution in [0.1, 0.15) is 32.1 Å². The van der Waals surface area contributed by atoms with Crippen LogP contribution < -0.4 is 0 Å². The Morgan fingerprint density at radius 3 is 2.75 bits per heavy atom. The Balaban J connectivity index is 1.77. The third-order valence-corrected chi connectivity index (χ3v) is 4.55. The second-order valence-corrected chi connectivity index (χ2v) is 5.60. The van der Waals surface area contributed by atoms with Gasteiger partial charge in [-0.15, -0.1) is 0 Å². The van der Waals surface area contributed by atoms with Crippen molar-refractivity contribution in [2.75, 3.05) is 18.1 Å². The average molecular weight is 186 g/mol. The standard InChI is InChI=1S/C10H18OS/c11-8-10(3-4-10)6-9-2-1-5-12-7-9/h9,11H,1-8H2. The van der Waals surface area contributed by atoms with Crippen molar-refractivity contribution in [3.63, 3.8) is 0 Å². The van der Waals surface area contributed by atoms with Gasteiger partial charge in [-0.2, -0.15) is 11.8 Å². The van der Waals surface area contributed by atoms with Crippen molar-refractivity contribution in [3.05, 3.63) is 0 Å². The number of hydrogen-bond acceptors (Lipinski definition) is 2. The SMILES string of the molecule is OCC1(CC2CCCSC2)CC1. The molecule has 0 radical (unpaired) electrons. The third-order valence-electron chi connectivity index (χ3n) is 3.27. The highest BCUT2D eigenvalue weighted by Crippen LogP contribution is 2.51. The van der Waals surface area contributed by atoms with Crippen LogP contribution in [0.3, 0.4) is 0 Å². The molecule has 1 aliphatic heterocycles. The normalized spacial score (nSPS) is 33.2. The van der Waals surface area contributed by atoms with E-state index in [4.69, 9.17) is 0 Å². The molecule has 1 saturated carbocycles. The van der Waals surface area contributed by atoms with Gasteiger partial charge in [-0.1, -0.05) is 0 Å². The fourth-order valence-electron chi connectivity index (χ4n) is 2.18. The highest BCUT2D eigenvalue weighted by atomic mass is 32.2. The minimum Gasteiger partial charge on any atom is -0.396 e. The van der Waals surface area contributed by atoms with E-state index in [2.05, 4.69) is 11.8 Å². The highest BCUT2D eigenvalue weighted by molar-refractivity contribution is 7.99. The summed E-state index contributed by atoms with van der Waals surface area (Å²) < 4.78 is 0.